The summed E-state index contributed by atoms with van der Waals surface area (Å²) in [7, 11) is 1.90. The minimum Gasteiger partial charge on any atom is -0.383 e. The second-order valence-electron chi connectivity index (χ2n) is 7.44. The van der Waals surface area contributed by atoms with Gasteiger partial charge in [-0.3, -0.25) is 4.79 Å². The maximum atomic E-state index is 12.5. The number of morpholine rings is 1. The number of thioether (sulfide) groups is 1. The Morgan fingerprint density at radius 3 is 2.77 bits per heavy atom. The Morgan fingerprint density at radius 2 is 2.16 bits per heavy atom. The lowest BCUT2D eigenvalue weighted by Gasteiger charge is -2.24. The van der Waals surface area contributed by atoms with Crippen LogP contribution in [0.25, 0.3) is 0 Å². The molecular formula is C22H31N5O2S2. The number of amidine groups is 1. The number of rotatable bonds is 8. The highest BCUT2D eigenvalue weighted by Gasteiger charge is 2.17. The first-order valence-electron chi connectivity index (χ1n) is 10.3. The van der Waals surface area contributed by atoms with Crippen molar-refractivity contribution in [3.63, 3.8) is 0 Å². The van der Waals surface area contributed by atoms with E-state index < -0.39 is 0 Å². The number of aryl methyl sites for hydroxylation is 1. The Labute approximate surface area is 193 Å². The predicted molar refractivity (Wildman–Crippen MR) is 131 cm³/mol. The van der Waals surface area contributed by atoms with Crippen LogP contribution < -0.4 is 11.1 Å². The molecule has 1 saturated heterocycles. The summed E-state index contributed by atoms with van der Waals surface area (Å²) in [5, 5.41) is 5.14. The molecule has 1 unspecified atom stereocenters. The van der Waals surface area contributed by atoms with E-state index in [-0.39, 0.29) is 11.9 Å². The summed E-state index contributed by atoms with van der Waals surface area (Å²) < 4.78 is 9.56. The zero-order valence-corrected chi connectivity index (χ0v) is 20.0. The number of carbonyl (C=O) groups excluding carboxylic acids is 1. The first-order valence-corrected chi connectivity index (χ1v) is 12.5. The third-order valence-electron chi connectivity index (χ3n) is 5.18. The smallest absolute Gasteiger partial charge is 0.268 e. The first-order chi connectivity index (χ1) is 15.0. The molecule has 1 atom stereocenters. The first kappa shape index (κ1) is 23.7. The van der Waals surface area contributed by atoms with Gasteiger partial charge in [-0.05, 0) is 43.7 Å². The van der Waals surface area contributed by atoms with Crippen LogP contribution in [-0.2, 0) is 11.8 Å². The lowest BCUT2D eigenvalue weighted by molar-refractivity contribution is 0.0776. The molecule has 0 saturated carbocycles. The Kier molecular flexibility index (Phi) is 8.89. The molecular weight excluding hydrogens is 430 g/mol. The maximum Gasteiger partial charge on any atom is 0.268 e. The highest BCUT2D eigenvalue weighted by molar-refractivity contribution is 8.00. The Hall–Kier alpha value is -1.94. The second kappa shape index (κ2) is 11.6. The molecule has 2 aliphatic rings. The molecule has 0 radical (unpaired) electrons. The van der Waals surface area contributed by atoms with Crippen LogP contribution in [0.3, 0.4) is 0 Å². The normalized spacial score (nSPS) is 20.6. The predicted octanol–water partition coefficient (Wildman–Crippen LogP) is 2.86. The molecule has 1 aromatic rings. The van der Waals surface area contributed by atoms with E-state index in [0.29, 0.717) is 18.0 Å². The van der Waals surface area contributed by atoms with Crippen LogP contribution in [0.1, 0.15) is 22.6 Å². The van der Waals surface area contributed by atoms with E-state index >= 15 is 0 Å². The molecule has 1 aliphatic carbocycles. The number of ether oxygens (including phenoxy) is 1. The average Bonchev–Trinajstić information content (AvgIpc) is 3.12. The van der Waals surface area contributed by atoms with Crippen molar-refractivity contribution < 1.29 is 9.53 Å². The minimum atomic E-state index is -0.0749. The van der Waals surface area contributed by atoms with Crippen LogP contribution in [0, 0.1) is 6.92 Å². The molecule has 31 heavy (non-hydrogen) atoms. The van der Waals surface area contributed by atoms with Crippen molar-refractivity contribution in [2.24, 2.45) is 17.8 Å². The highest BCUT2D eigenvalue weighted by Crippen LogP contribution is 2.20. The second-order valence-corrected chi connectivity index (χ2v) is 9.27. The van der Waals surface area contributed by atoms with E-state index in [1.54, 1.807) is 23.7 Å². The third kappa shape index (κ3) is 6.77. The molecule has 2 heterocycles. The van der Waals surface area contributed by atoms with Crippen LogP contribution in [0.5, 0.6) is 0 Å². The summed E-state index contributed by atoms with van der Waals surface area (Å²) in [6, 6.07) is 3.73. The van der Waals surface area contributed by atoms with E-state index in [1.807, 2.05) is 48.9 Å². The summed E-state index contributed by atoms with van der Waals surface area (Å²) in [6.45, 7) is 5.34. The van der Waals surface area contributed by atoms with E-state index in [1.165, 1.54) is 0 Å². The summed E-state index contributed by atoms with van der Waals surface area (Å²) in [6.07, 6.45) is 8.69. The van der Waals surface area contributed by atoms with Crippen molar-refractivity contribution in [2.45, 2.75) is 19.4 Å². The van der Waals surface area contributed by atoms with Crippen LogP contribution in [-0.4, -0.2) is 65.0 Å². The van der Waals surface area contributed by atoms with Crippen molar-refractivity contribution >= 4 is 35.5 Å². The fourth-order valence-corrected chi connectivity index (χ4v) is 4.56. The molecule has 9 heteroatoms. The average molecular weight is 462 g/mol. The van der Waals surface area contributed by atoms with Crippen molar-refractivity contribution in [2.75, 3.05) is 38.3 Å². The number of nitrogens with two attached hydrogens (primary N) is 1. The van der Waals surface area contributed by atoms with Crippen LogP contribution in [0.4, 0.5) is 0 Å². The number of hydrogen-bond donors (Lipinski definition) is 2. The van der Waals surface area contributed by atoms with E-state index in [9.17, 15) is 4.79 Å². The van der Waals surface area contributed by atoms with Gasteiger partial charge in [-0.25, -0.2) is 9.30 Å². The number of amides is 1. The van der Waals surface area contributed by atoms with Gasteiger partial charge in [-0.1, -0.05) is 18.2 Å². The van der Waals surface area contributed by atoms with Gasteiger partial charge in [0.05, 0.1) is 25.0 Å². The summed E-state index contributed by atoms with van der Waals surface area (Å²) >= 11 is 3.39. The molecule has 0 aromatic carbocycles. The fraction of sp³-hybridized carbons (Fsp3) is 0.455. The topological polar surface area (TPSA) is 84.9 Å². The lowest BCUT2D eigenvalue weighted by Crippen LogP contribution is -2.35. The van der Waals surface area contributed by atoms with E-state index in [2.05, 4.69) is 26.3 Å². The van der Waals surface area contributed by atoms with Gasteiger partial charge in [0.15, 0.2) is 0 Å². The highest BCUT2D eigenvalue weighted by atomic mass is 32.2. The summed E-state index contributed by atoms with van der Waals surface area (Å²) in [4.78, 5) is 17.2. The Bertz CT molecular complexity index is 898. The molecule has 1 aromatic heterocycles. The summed E-state index contributed by atoms with van der Waals surface area (Å²) in [5.74, 6) is 1.22. The van der Waals surface area contributed by atoms with Crippen molar-refractivity contribution in [1.82, 2.24) is 14.2 Å². The van der Waals surface area contributed by atoms with Crippen LogP contribution in [0.2, 0.25) is 0 Å². The molecule has 7 nitrogen and oxygen atoms in total. The maximum absolute atomic E-state index is 12.5. The van der Waals surface area contributed by atoms with Gasteiger partial charge in [0.25, 0.3) is 5.91 Å². The molecule has 0 spiro atoms. The fourth-order valence-electron chi connectivity index (χ4n) is 3.25. The van der Waals surface area contributed by atoms with E-state index in [4.69, 9.17) is 10.5 Å². The van der Waals surface area contributed by atoms with Gasteiger partial charge < -0.3 is 20.4 Å². The molecule has 168 valence electrons. The monoisotopic (exact) mass is 461 g/mol. The van der Waals surface area contributed by atoms with Gasteiger partial charge in [-0.2, -0.15) is 11.8 Å². The Balaban J connectivity index is 1.58. The number of aliphatic imine (C=N–C) groups is 1. The molecule has 1 amide bonds. The van der Waals surface area contributed by atoms with Gasteiger partial charge >= 0.3 is 0 Å². The van der Waals surface area contributed by atoms with E-state index in [0.717, 1.165) is 49.0 Å². The number of hydrogen-bond acceptors (Lipinski definition) is 6. The summed E-state index contributed by atoms with van der Waals surface area (Å²) in [5.41, 5.74) is 9.85. The van der Waals surface area contributed by atoms with Crippen LogP contribution >= 0.6 is 23.7 Å². The minimum absolute atomic E-state index is 0.0580. The standard InChI is InChI=1S/C22H31N5O2S2/c1-16-4-9-20(26(16)2)22(28)25-18-7-5-17(6-8-18)21(23)24-19(14-30-3)15-31-27-10-12-29-13-11-27/h4-7,9,15,18H,8,10-14H2,1-3H3,(H2,23,24)(H,25,28)/b19-15-. The molecule has 1 aliphatic heterocycles. The molecule has 0 bridgehead atoms. The number of aromatic nitrogens is 1. The zero-order valence-electron chi connectivity index (χ0n) is 18.3. The van der Waals surface area contributed by atoms with Gasteiger partial charge in [0.2, 0.25) is 0 Å². The van der Waals surface area contributed by atoms with Gasteiger partial charge in [0, 0.05) is 42.6 Å². The lowest BCUT2D eigenvalue weighted by atomic mass is 10.0. The van der Waals surface area contributed by atoms with Crippen LogP contribution in [0.15, 0.2) is 52.0 Å². The molecule has 1 fully saturated rings. The van der Waals surface area contributed by atoms with Crippen molar-refractivity contribution in [1.29, 1.82) is 0 Å². The molecule has 3 rings (SSSR count). The largest absolute Gasteiger partial charge is 0.383 e. The van der Waals surface area contributed by atoms with Gasteiger partial charge in [-0.15, -0.1) is 0 Å². The Morgan fingerprint density at radius 1 is 1.39 bits per heavy atom. The quantitative estimate of drug-likeness (QED) is 0.352. The number of nitrogens with zero attached hydrogens (tertiary/aromatic N) is 3. The molecule has 3 N–H and O–H groups in total. The number of carbonyl (C=O) groups is 1. The third-order valence-corrected chi connectivity index (χ3v) is 6.81. The number of nitrogens with one attached hydrogen (secondary N) is 1. The van der Waals surface area contributed by atoms with Crippen molar-refractivity contribution in [3.05, 3.63) is 58.4 Å². The van der Waals surface area contributed by atoms with Crippen molar-refractivity contribution in [3.8, 4) is 0 Å². The SMILES string of the molecule is CSC/C(=C/SN1CCOCC1)N=C(N)C1=CCC(NC(=O)c2ccc(C)n2C)C=C1. The zero-order chi connectivity index (χ0) is 22.2. The van der Waals surface area contributed by atoms with Gasteiger partial charge in [0.1, 0.15) is 11.5 Å².